The van der Waals surface area contributed by atoms with Crippen molar-refractivity contribution in [3.8, 4) is 11.5 Å². The van der Waals surface area contributed by atoms with Crippen LogP contribution in [0.15, 0.2) is 90.1 Å². The van der Waals surface area contributed by atoms with Gasteiger partial charge in [-0.15, -0.1) is 6.58 Å². The number of fused-ring (bicyclic) bond motifs is 3. The second-order valence-corrected chi connectivity index (χ2v) is 15.1. The topological polar surface area (TPSA) is 121 Å². The van der Waals surface area contributed by atoms with Crippen molar-refractivity contribution < 1.29 is 34.4 Å². The van der Waals surface area contributed by atoms with Crippen molar-refractivity contribution in [1.29, 1.82) is 0 Å². The number of carbonyl (C=O) groups is 1. The zero-order valence-electron chi connectivity index (χ0n) is 30.9. The number of hydrogen-bond acceptors (Lipinski definition) is 8. The Balaban J connectivity index is 1.45. The number of aromatic hydroxyl groups is 1. The van der Waals surface area contributed by atoms with Crippen LogP contribution in [-0.2, 0) is 20.9 Å². The van der Waals surface area contributed by atoms with Gasteiger partial charge in [0.05, 0.1) is 18.2 Å². The Kier molecular flexibility index (Phi) is 11.5. The normalized spacial score (nSPS) is 26.7. The summed E-state index contributed by atoms with van der Waals surface area (Å²) in [5, 5.41) is 37.5. The van der Waals surface area contributed by atoms with Gasteiger partial charge in [-0.3, -0.25) is 4.79 Å². The Bertz CT molecular complexity index is 1830. The van der Waals surface area contributed by atoms with Gasteiger partial charge in [-0.25, -0.2) is 0 Å². The van der Waals surface area contributed by atoms with E-state index in [4.69, 9.17) is 19.5 Å². The molecule has 1 heterocycles. The van der Waals surface area contributed by atoms with E-state index in [0.717, 1.165) is 71.7 Å². The molecule has 0 spiro atoms. The predicted molar refractivity (Wildman–Crippen MR) is 205 cm³/mol. The molecule has 53 heavy (non-hydrogen) atoms. The number of benzene rings is 3. The highest BCUT2D eigenvalue weighted by Crippen LogP contribution is 2.62. The number of amides is 1. The summed E-state index contributed by atoms with van der Waals surface area (Å²) >= 11 is 0. The lowest BCUT2D eigenvalue weighted by atomic mass is 9.55. The predicted octanol–water partition coefficient (Wildman–Crippen LogP) is 7.64. The summed E-state index contributed by atoms with van der Waals surface area (Å²) < 4.78 is 14.3. The molecule has 1 aliphatic heterocycles. The maximum absolute atomic E-state index is 14.8. The molecule has 9 nitrogen and oxygen atoms in total. The van der Waals surface area contributed by atoms with Crippen molar-refractivity contribution in [3.05, 3.63) is 96.1 Å². The Morgan fingerprint density at radius 2 is 1.81 bits per heavy atom. The number of aliphatic hydroxyl groups is 2. The third-order valence-electron chi connectivity index (χ3n) is 11.8. The molecule has 3 N–H and O–H groups in total. The molecule has 0 unspecified atom stereocenters. The summed E-state index contributed by atoms with van der Waals surface area (Å²) in [6, 6.07) is 19.3. The fourth-order valence-corrected chi connectivity index (χ4v) is 9.32. The van der Waals surface area contributed by atoms with Crippen molar-refractivity contribution >= 4 is 22.4 Å². The number of phenols is 1. The van der Waals surface area contributed by atoms with Gasteiger partial charge < -0.3 is 34.5 Å². The average molecular weight is 723 g/mol. The molecule has 2 saturated carbocycles. The number of unbranched alkanes of at least 4 members (excludes halogenated alkanes) is 2. The number of allylic oxidation sites excluding steroid dienone is 1. The first-order valence-corrected chi connectivity index (χ1v) is 19.6. The number of aliphatic hydroxyl groups excluding tert-OH is 2. The van der Waals surface area contributed by atoms with Crippen molar-refractivity contribution in [2.75, 3.05) is 26.4 Å². The van der Waals surface area contributed by atoms with Gasteiger partial charge in [0.15, 0.2) is 0 Å². The lowest BCUT2D eigenvalue weighted by Crippen LogP contribution is -2.70. The molecular formula is C44H54N2O7. The number of hydrogen-bond donors (Lipinski definition) is 3. The smallest absolute Gasteiger partial charge is 0.239 e. The number of ether oxygens (including phenoxy) is 2. The molecule has 0 bridgehead atoms. The SMILES string of the molecule is C=CCO[C@@]12Oc3ccc(O)cc3[C@H]3[C@H](CCCCO)[C@@H](CCCCO)C=C(C(=NOCC)C[C@@H]1N(Cc1cccc4ccccc14)C(=O)C1CC1)[C@H]32. The number of carbonyl (C=O) groups excluding carboxylic acids is 1. The molecule has 3 aromatic carbocycles. The highest BCUT2D eigenvalue weighted by Gasteiger charge is 2.66. The van der Waals surface area contributed by atoms with Gasteiger partial charge in [-0.2, -0.15) is 0 Å². The van der Waals surface area contributed by atoms with E-state index in [1.165, 1.54) is 0 Å². The van der Waals surface area contributed by atoms with Crippen molar-refractivity contribution in [1.82, 2.24) is 4.90 Å². The van der Waals surface area contributed by atoms with E-state index >= 15 is 0 Å². The Labute approximate surface area is 312 Å². The maximum Gasteiger partial charge on any atom is 0.239 e. The molecule has 9 heteroatoms. The van der Waals surface area contributed by atoms with E-state index in [-0.39, 0.29) is 55.1 Å². The zero-order chi connectivity index (χ0) is 37.0. The summed E-state index contributed by atoms with van der Waals surface area (Å²) in [5.74, 6) is -0.845. The van der Waals surface area contributed by atoms with Crippen LogP contribution in [0.5, 0.6) is 11.5 Å². The molecule has 0 aromatic heterocycles. The molecule has 3 aliphatic carbocycles. The molecule has 0 saturated heterocycles. The fourth-order valence-electron chi connectivity index (χ4n) is 9.32. The summed E-state index contributed by atoms with van der Waals surface area (Å²) in [7, 11) is 0. The Morgan fingerprint density at radius 1 is 1.04 bits per heavy atom. The van der Waals surface area contributed by atoms with Crippen LogP contribution in [0.25, 0.3) is 10.8 Å². The fraction of sp³-hybridized carbons (Fsp3) is 0.500. The van der Waals surface area contributed by atoms with E-state index in [0.29, 0.717) is 38.2 Å². The van der Waals surface area contributed by atoms with Gasteiger partial charge in [0.1, 0.15) is 24.1 Å². The van der Waals surface area contributed by atoms with E-state index in [1.807, 2.05) is 36.1 Å². The molecule has 2 fully saturated rings. The second kappa shape index (κ2) is 16.5. The van der Waals surface area contributed by atoms with Gasteiger partial charge in [-0.1, -0.05) is 72.6 Å². The van der Waals surface area contributed by atoms with Crippen LogP contribution in [0.1, 0.15) is 81.8 Å². The molecular weight excluding hydrogens is 668 g/mol. The van der Waals surface area contributed by atoms with E-state index in [1.54, 1.807) is 12.1 Å². The monoisotopic (exact) mass is 722 g/mol. The third kappa shape index (κ3) is 7.36. The maximum atomic E-state index is 14.8. The molecule has 7 rings (SSSR count). The highest BCUT2D eigenvalue weighted by molar-refractivity contribution is 6.03. The Hall–Kier alpha value is -4.18. The zero-order valence-corrected chi connectivity index (χ0v) is 30.9. The average Bonchev–Trinajstić information content (AvgIpc) is 4.03. The lowest BCUT2D eigenvalue weighted by molar-refractivity contribution is -0.258. The van der Waals surface area contributed by atoms with Crippen molar-refractivity contribution in [2.45, 2.75) is 89.0 Å². The standard InChI is InChI=1S/C44H54N2O7/c1-3-24-51-44-40(46(43(50)30-18-19-30)28-32-15-11-14-29-12-5-6-16-34(29)32)27-38(45-52-4-2)36-25-31(13-7-9-22-47)35(17-8-10-23-48)41(42(36)44)37-26-33(49)20-21-39(37)53-44/h3,5-6,11-12,14-16,20-21,25-26,30-31,35,40-42,47-49H,1,4,7-10,13,17-19,22-24,27-28H2,2H3/t31-,35+,40-,41+,42+,44+/m0/s1. The molecule has 0 radical (unpaired) electrons. The van der Waals surface area contributed by atoms with E-state index < -0.39 is 17.7 Å². The molecule has 6 atom stereocenters. The summed E-state index contributed by atoms with van der Waals surface area (Å²) in [5.41, 5.74) is 3.73. The number of phenolic OH excluding ortho intramolecular Hbond substituents is 1. The minimum absolute atomic E-state index is 0.0669. The van der Waals surface area contributed by atoms with Crippen LogP contribution in [0.4, 0.5) is 0 Å². The second-order valence-electron chi connectivity index (χ2n) is 15.1. The largest absolute Gasteiger partial charge is 0.508 e. The van der Waals surface area contributed by atoms with Gasteiger partial charge >= 0.3 is 0 Å². The molecule has 4 aliphatic rings. The first-order chi connectivity index (χ1) is 25.9. The van der Waals surface area contributed by atoms with Crippen molar-refractivity contribution in [3.63, 3.8) is 0 Å². The molecule has 3 aromatic rings. The van der Waals surface area contributed by atoms with Gasteiger partial charge in [0.25, 0.3) is 0 Å². The Morgan fingerprint density at radius 3 is 2.57 bits per heavy atom. The third-order valence-corrected chi connectivity index (χ3v) is 11.8. The van der Waals surface area contributed by atoms with Crippen molar-refractivity contribution in [2.24, 2.45) is 28.8 Å². The first-order valence-electron chi connectivity index (χ1n) is 19.6. The number of oxime groups is 1. The minimum Gasteiger partial charge on any atom is -0.508 e. The van der Waals surface area contributed by atoms with Crippen LogP contribution in [0.3, 0.4) is 0 Å². The van der Waals surface area contributed by atoms with E-state index in [9.17, 15) is 20.1 Å². The van der Waals surface area contributed by atoms with Crippen LogP contribution >= 0.6 is 0 Å². The number of rotatable bonds is 17. The highest BCUT2D eigenvalue weighted by atomic mass is 16.7. The summed E-state index contributed by atoms with van der Waals surface area (Å²) in [6.45, 7) is 7.16. The van der Waals surface area contributed by atoms with Crippen LogP contribution in [-0.4, -0.2) is 70.1 Å². The van der Waals surface area contributed by atoms with Crippen LogP contribution in [0, 0.1) is 23.7 Å². The molecule has 282 valence electrons. The van der Waals surface area contributed by atoms with Gasteiger partial charge in [0.2, 0.25) is 11.7 Å². The van der Waals surface area contributed by atoms with Crippen LogP contribution < -0.4 is 4.74 Å². The van der Waals surface area contributed by atoms with Gasteiger partial charge in [-0.05, 0) is 97.4 Å². The van der Waals surface area contributed by atoms with Gasteiger partial charge in [0, 0.05) is 43.6 Å². The molecule has 1 amide bonds. The van der Waals surface area contributed by atoms with E-state index in [2.05, 4.69) is 43.0 Å². The first kappa shape index (κ1) is 37.1. The lowest BCUT2D eigenvalue weighted by Gasteiger charge is -2.60. The summed E-state index contributed by atoms with van der Waals surface area (Å²) in [4.78, 5) is 22.6. The number of nitrogens with zero attached hydrogens (tertiary/aromatic N) is 2. The quantitative estimate of drug-likeness (QED) is 0.0744. The minimum atomic E-state index is -1.32. The summed E-state index contributed by atoms with van der Waals surface area (Å²) in [6.07, 6.45) is 10.9. The van der Waals surface area contributed by atoms with Crippen LogP contribution in [0.2, 0.25) is 0 Å².